The number of fused-ring (bicyclic) bond motifs is 1. The molecule has 4 heteroatoms. The van der Waals surface area contributed by atoms with Gasteiger partial charge in [-0.25, -0.2) is 0 Å². The summed E-state index contributed by atoms with van der Waals surface area (Å²) in [5, 5.41) is 10.6. The van der Waals surface area contributed by atoms with Gasteiger partial charge in [0.15, 0.2) is 0 Å². The van der Waals surface area contributed by atoms with E-state index in [2.05, 4.69) is 29.1 Å². The molecule has 0 saturated heterocycles. The number of ether oxygens (including phenoxy) is 1. The quantitative estimate of drug-likeness (QED) is 0.941. The molecule has 1 N–H and O–H groups in total. The second-order valence-electron chi connectivity index (χ2n) is 5.47. The number of aliphatic hydroxyl groups is 1. The number of rotatable bonds is 3. The lowest BCUT2D eigenvalue weighted by atomic mass is 9.95. The highest BCUT2D eigenvalue weighted by atomic mass is 16.5. The molecule has 1 aliphatic rings. The zero-order chi connectivity index (χ0) is 14.8. The molecule has 0 aliphatic carbocycles. The first-order valence-electron chi connectivity index (χ1n) is 7.20. The third kappa shape index (κ3) is 2.72. The summed E-state index contributed by atoms with van der Waals surface area (Å²) in [5.41, 5.74) is 4.22. The minimum Gasteiger partial charge on any atom is -0.495 e. The fourth-order valence-electron chi connectivity index (χ4n) is 2.86. The van der Waals surface area contributed by atoms with E-state index in [0.717, 1.165) is 30.5 Å². The van der Waals surface area contributed by atoms with Crippen LogP contribution in [0.15, 0.2) is 36.7 Å². The Morgan fingerprint density at radius 3 is 2.90 bits per heavy atom. The number of aliphatic hydroxyl groups excluding tert-OH is 1. The van der Waals surface area contributed by atoms with Crippen LogP contribution in [0.1, 0.15) is 29.2 Å². The summed E-state index contributed by atoms with van der Waals surface area (Å²) in [5.74, 6) is 0.657. The van der Waals surface area contributed by atoms with Crippen molar-refractivity contribution in [1.82, 2.24) is 4.98 Å². The van der Waals surface area contributed by atoms with E-state index < -0.39 is 6.10 Å². The van der Waals surface area contributed by atoms with Gasteiger partial charge in [-0.15, -0.1) is 0 Å². The highest BCUT2D eigenvalue weighted by Gasteiger charge is 2.17. The van der Waals surface area contributed by atoms with Gasteiger partial charge in [0.1, 0.15) is 11.9 Å². The molecule has 1 atom stereocenters. The van der Waals surface area contributed by atoms with Gasteiger partial charge in [-0.2, -0.15) is 0 Å². The van der Waals surface area contributed by atoms with E-state index >= 15 is 0 Å². The minimum absolute atomic E-state index is 0.657. The fourth-order valence-corrected chi connectivity index (χ4v) is 2.86. The number of anilines is 1. The molecule has 0 fully saturated rings. The Bertz CT molecular complexity index is 642. The van der Waals surface area contributed by atoms with Gasteiger partial charge in [0.25, 0.3) is 0 Å². The fraction of sp³-hybridized carbons (Fsp3) is 0.353. The van der Waals surface area contributed by atoms with Crippen LogP contribution < -0.4 is 9.64 Å². The highest BCUT2D eigenvalue weighted by Crippen LogP contribution is 2.31. The Morgan fingerprint density at radius 2 is 2.10 bits per heavy atom. The molecule has 0 bridgehead atoms. The number of methoxy groups -OCH3 is 1. The zero-order valence-corrected chi connectivity index (χ0v) is 12.4. The molecular weight excluding hydrogens is 264 g/mol. The normalized spacial score (nSPS) is 15.5. The second kappa shape index (κ2) is 5.74. The van der Waals surface area contributed by atoms with Crippen LogP contribution in [0.2, 0.25) is 0 Å². The molecule has 1 aliphatic heterocycles. The summed E-state index contributed by atoms with van der Waals surface area (Å²) in [4.78, 5) is 6.37. The molecule has 0 radical (unpaired) electrons. The van der Waals surface area contributed by atoms with Crippen LogP contribution in [0.5, 0.6) is 5.75 Å². The number of hydrogen-bond acceptors (Lipinski definition) is 4. The van der Waals surface area contributed by atoms with E-state index in [4.69, 9.17) is 4.74 Å². The lowest BCUT2D eigenvalue weighted by Crippen LogP contribution is -2.24. The molecule has 110 valence electrons. The third-order valence-corrected chi connectivity index (χ3v) is 4.06. The number of nitrogens with zero attached hydrogens (tertiary/aromatic N) is 2. The Kier molecular flexibility index (Phi) is 3.80. The standard InChI is InChI=1S/C17H20N2O2/c1-19-7-3-4-12-8-13(5-6-16(12)19)17(20)14-9-15(21-2)11-18-10-14/h5-6,8-11,17,20H,3-4,7H2,1-2H3. The molecule has 3 rings (SSSR count). The Balaban J connectivity index is 1.92. The van der Waals surface area contributed by atoms with Gasteiger partial charge in [-0.3, -0.25) is 4.98 Å². The predicted octanol–water partition coefficient (Wildman–Crippen LogP) is 2.55. The van der Waals surface area contributed by atoms with Crippen molar-refractivity contribution < 1.29 is 9.84 Å². The molecular formula is C17H20N2O2. The summed E-state index contributed by atoms with van der Waals surface area (Å²) in [6, 6.07) is 8.02. The van der Waals surface area contributed by atoms with Gasteiger partial charge in [-0.05, 0) is 36.1 Å². The molecule has 1 unspecified atom stereocenters. The van der Waals surface area contributed by atoms with Crippen LogP contribution in [0.4, 0.5) is 5.69 Å². The zero-order valence-electron chi connectivity index (χ0n) is 12.4. The van der Waals surface area contributed by atoms with Crippen LogP contribution in [0.3, 0.4) is 0 Å². The first-order chi connectivity index (χ1) is 10.2. The Morgan fingerprint density at radius 1 is 1.24 bits per heavy atom. The Labute approximate surface area is 125 Å². The van der Waals surface area contributed by atoms with Gasteiger partial charge in [0.2, 0.25) is 0 Å². The van der Waals surface area contributed by atoms with Crippen molar-refractivity contribution in [2.45, 2.75) is 18.9 Å². The van der Waals surface area contributed by atoms with Crippen LogP contribution in [-0.4, -0.2) is 30.8 Å². The maximum atomic E-state index is 10.6. The van der Waals surface area contributed by atoms with Crippen LogP contribution in [0, 0.1) is 0 Å². The van der Waals surface area contributed by atoms with Gasteiger partial charge in [0, 0.05) is 31.0 Å². The first-order valence-corrected chi connectivity index (χ1v) is 7.20. The molecule has 0 spiro atoms. The topological polar surface area (TPSA) is 45.6 Å². The number of aromatic nitrogens is 1. The van der Waals surface area contributed by atoms with Crippen LogP contribution >= 0.6 is 0 Å². The average Bonchev–Trinajstić information content (AvgIpc) is 2.54. The SMILES string of the molecule is COc1cncc(C(O)c2ccc3c(c2)CCCN3C)c1. The largest absolute Gasteiger partial charge is 0.495 e. The van der Waals surface area contributed by atoms with Crippen molar-refractivity contribution in [1.29, 1.82) is 0 Å². The molecule has 0 saturated carbocycles. The summed E-state index contributed by atoms with van der Waals surface area (Å²) < 4.78 is 5.17. The number of benzene rings is 1. The van der Waals surface area contributed by atoms with Gasteiger partial charge in [-0.1, -0.05) is 12.1 Å². The van der Waals surface area contributed by atoms with Gasteiger partial charge < -0.3 is 14.7 Å². The molecule has 2 aromatic rings. The molecule has 21 heavy (non-hydrogen) atoms. The number of hydrogen-bond donors (Lipinski definition) is 1. The van der Waals surface area contributed by atoms with E-state index in [1.54, 1.807) is 19.5 Å². The maximum Gasteiger partial charge on any atom is 0.137 e. The molecule has 1 aromatic heterocycles. The predicted molar refractivity (Wildman–Crippen MR) is 82.9 cm³/mol. The van der Waals surface area contributed by atoms with Crippen molar-refractivity contribution in [3.63, 3.8) is 0 Å². The van der Waals surface area contributed by atoms with E-state index in [1.165, 1.54) is 11.3 Å². The van der Waals surface area contributed by atoms with Crippen molar-refractivity contribution in [2.24, 2.45) is 0 Å². The van der Waals surface area contributed by atoms with E-state index in [0.29, 0.717) is 5.75 Å². The summed E-state index contributed by atoms with van der Waals surface area (Å²) in [6.45, 7) is 1.09. The smallest absolute Gasteiger partial charge is 0.137 e. The first kappa shape index (κ1) is 13.9. The summed E-state index contributed by atoms with van der Waals surface area (Å²) >= 11 is 0. The van der Waals surface area contributed by atoms with E-state index in [9.17, 15) is 5.11 Å². The third-order valence-electron chi connectivity index (χ3n) is 4.06. The van der Waals surface area contributed by atoms with Gasteiger partial charge >= 0.3 is 0 Å². The van der Waals surface area contributed by atoms with Crippen LogP contribution in [0.25, 0.3) is 0 Å². The van der Waals surface area contributed by atoms with Crippen molar-refractivity contribution >= 4 is 5.69 Å². The molecule has 2 heterocycles. The average molecular weight is 284 g/mol. The lowest BCUT2D eigenvalue weighted by molar-refractivity contribution is 0.219. The molecule has 4 nitrogen and oxygen atoms in total. The van der Waals surface area contributed by atoms with Crippen molar-refractivity contribution in [3.05, 3.63) is 53.3 Å². The maximum absolute atomic E-state index is 10.6. The molecule has 0 amide bonds. The summed E-state index contributed by atoms with van der Waals surface area (Å²) in [6.07, 6.45) is 4.86. The number of pyridine rings is 1. The van der Waals surface area contributed by atoms with E-state index in [-0.39, 0.29) is 0 Å². The number of aryl methyl sites for hydroxylation is 1. The summed E-state index contributed by atoms with van der Waals surface area (Å²) in [7, 11) is 3.71. The van der Waals surface area contributed by atoms with E-state index in [1.807, 2.05) is 12.1 Å². The van der Waals surface area contributed by atoms with Crippen LogP contribution in [-0.2, 0) is 6.42 Å². The highest BCUT2D eigenvalue weighted by molar-refractivity contribution is 5.57. The van der Waals surface area contributed by atoms with Crippen molar-refractivity contribution in [3.8, 4) is 5.75 Å². The lowest BCUT2D eigenvalue weighted by Gasteiger charge is -2.28. The monoisotopic (exact) mass is 284 g/mol. The second-order valence-corrected chi connectivity index (χ2v) is 5.47. The molecule has 1 aromatic carbocycles. The van der Waals surface area contributed by atoms with Crippen molar-refractivity contribution in [2.75, 3.05) is 25.6 Å². The Hall–Kier alpha value is -2.07. The van der Waals surface area contributed by atoms with Gasteiger partial charge in [0.05, 0.1) is 13.3 Å². The minimum atomic E-state index is -0.676.